The highest BCUT2D eigenvalue weighted by atomic mass is 32.1. The number of hydrogen-bond acceptors (Lipinski definition) is 7. The minimum atomic E-state index is -0.634. The van der Waals surface area contributed by atoms with Crippen molar-refractivity contribution in [3.8, 4) is 16.9 Å². The number of carbonyl (C=O) groups is 1. The molecule has 0 aliphatic rings. The first-order valence-corrected chi connectivity index (χ1v) is 10.2. The van der Waals surface area contributed by atoms with Gasteiger partial charge in [0.1, 0.15) is 16.3 Å². The van der Waals surface area contributed by atoms with Gasteiger partial charge < -0.3 is 13.9 Å². The van der Waals surface area contributed by atoms with Crippen LogP contribution in [0, 0.1) is 13.8 Å². The van der Waals surface area contributed by atoms with Crippen molar-refractivity contribution in [1.82, 2.24) is 9.55 Å². The summed E-state index contributed by atoms with van der Waals surface area (Å²) in [6.07, 6.45) is 0. The quantitative estimate of drug-likeness (QED) is 0.477. The van der Waals surface area contributed by atoms with Crippen molar-refractivity contribution in [2.24, 2.45) is 0 Å². The largest absolute Gasteiger partial charge is 0.496 e. The summed E-state index contributed by atoms with van der Waals surface area (Å²) in [6.45, 7) is 3.74. The molecule has 8 nitrogen and oxygen atoms in total. The van der Waals surface area contributed by atoms with E-state index in [0.717, 1.165) is 26.1 Å². The molecule has 0 saturated carbocycles. The summed E-state index contributed by atoms with van der Waals surface area (Å²) < 4.78 is 16.6. The number of carbonyl (C=O) groups excluding carboxylic acids is 1. The number of esters is 1. The molecule has 0 aliphatic carbocycles. The lowest BCUT2D eigenvalue weighted by atomic mass is 10.0. The van der Waals surface area contributed by atoms with Crippen LogP contribution in [0.5, 0.6) is 5.75 Å². The number of benzene rings is 1. The molecule has 4 aromatic rings. The zero-order chi connectivity index (χ0) is 22.3. The molecule has 0 bridgehead atoms. The first-order chi connectivity index (χ1) is 14.8. The number of thiophene rings is 1. The van der Waals surface area contributed by atoms with Crippen LogP contribution in [-0.2, 0) is 11.3 Å². The van der Waals surface area contributed by atoms with Crippen LogP contribution in [0.4, 0.5) is 0 Å². The minimum Gasteiger partial charge on any atom is -0.496 e. The number of methoxy groups -OCH3 is 2. The van der Waals surface area contributed by atoms with E-state index in [2.05, 4.69) is 9.72 Å². The van der Waals surface area contributed by atoms with Crippen molar-refractivity contribution in [2.45, 2.75) is 20.4 Å². The Balaban J connectivity index is 1.91. The number of aromatic amines is 1. The minimum absolute atomic E-state index is 0.000352. The van der Waals surface area contributed by atoms with E-state index in [4.69, 9.17) is 9.15 Å². The van der Waals surface area contributed by atoms with Gasteiger partial charge in [0.25, 0.3) is 5.56 Å². The predicted molar refractivity (Wildman–Crippen MR) is 117 cm³/mol. The van der Waals surface area contributed by atoms with Gasteiger partial charge >= 0.3 is 11.7 Å². The van der Waals surface area contributed by atoms with Gasteiger partial charge in [-0.2, -0.15) is 0 Å². The van der Waals surface area contributed by atoms with Crippen LogP contribution in [-0.4, -0.2) is 29.7 Å². The van der Waals surface area contributed by atoms with E-state index < -0.39 is 17.2 Å². The van der Waals surface area contributed by atoms with Gasteiger partial charge in [-0.3, -0.25) is 14.3 Å². The molecule has 0 atom stereocenters. The first kappa shape index (κ1) is 20.7. The first-order valence-electron chi connectivity index (χ1n) is 9.42. The SMILES string of the molecule is COC(=O)c1ccc(Cn2c(=O)[nH]c3sc(C)c(-c4cc(C)ccc4OC)c3c2=O)o1. The lowest BCUT2D eigenvalue weighted by Crippen LogP contribution is -2.35. The van der Waals surface area contributed by atoms with Gasteiger partial charge in [0, 0.05) is 16.0 Å². The number of ether oxygens (including phenoxy) is 2. The average molecular weight is 440 g/mol. The molecule has 0 amide bonds. The lowest BCUT2D eigenvalue weighted by molar-refractivity contribution is 0.0563. The summed E-state index contributed by atoms with van der Waals surface area (Å²) in [5.74, 6) is 0.290. The van der Waals surface area contributed by atoms with Crippen molar-refractivity contribution >= 4 is 27.5 Å². The maximum atomic E-state index is 13.4. The Hall–Kier alpha value is -3.59. The number of aryl methyl sites for hydroxylation is 2. The predicted octanol–water partition coefficient (Wildman–Crippen LogP) is 3.47. The fourth-order valence-corrected chi connectivity index (χ4v) is 4.59. The fraction of sp³-hybridized carbons (Fsp3) is 0.227. The maximum Gasteiger partial charge on any atom is 0.373 e. The summed E-state index contributed by atoms with van der Waals surface area (Å²) in [5.41, 5.74) is 1.53. The molecular weight excluding hydrogens is 420 g/mol. The molecule has 0 aliphatic heterocycles. The van der Waals surface area contributed by atoms with Crippen LogP contribution in [0.3, 0.4) is 0 Å². The molecule has 3 heterocycles. The normalized spacial score (nSPS) is 11.1. The Kier molecular flexibility index (Phi) is 5.28. The third-order valence-corrected chi connectivity index (χ3v) is 6.02. The average Bonchev–Trinajstić information content (AvgIpc) is 3.34. The third kappa shape index (κ3) is 3.57. The van der Waals surface area contributed by atoms with Crippen molar-refractivity contribution in [2.75, 3.05) is 14.2 Å². The molecule has 0 spiro atoms. The van der Waals surface area contributed by atoms with Crippen LogP contribution >= 0.6 is 11.3 Å². The summed E-state index contributed by atoms with van der Waals surface area (Å²) in [4.78, 5) is 41.9. The molecule has 31 heavy (non-hydrogen) atoms. The van der Waals surface area contributed by atoms with Gasteiger partial charge in [0.15, 0.2) is 0 Å². The second-order valence-electron chi connectivity index (χ2n) is 7.02. The highest BCUT2D eigenvalue weighted by Gasteiger charge is 2.21. The molecule has 4 rings (SSSR count). The maximum absolute atomic E-state index is 13.4. The number of aromatic nitrogens is 2. The van der Waals surface area contributed by atoms with Crippen molar-refractivity contribution in [1.29, 1.82) is 0 Å². The number of nitrogens with zero attached hydrogens (tertiary/aromatic N) is 1. The molecule has 0 saturated heterocycles. The third-order valence-electron chi connectivity index (χ3n) is 5.00. The molecule has 9 heteroatoms. The Labute approximate surface area is 180 Å². The van der Waals surface area contributed by atoms with Crippen molar-refractivity contribution in [3.63, 3.8) is 0 Å². The molecule has 1 N–H and O–H groups in total. The smallest absolute Gasteiger partial charge is 0.373 e. The van der Waals surface area contributed by atoms with Gasteiger partial charge in [-0.25, -0.2) is 9.59 Å². The molecule has 1 aromatic carbocycles. The summed E-state index contributed by atoms with van der Waals surface area (Å²) in [6, 6.07) is 8.72. The Morgan fingerprint density at radius 1 is 1.16 bits per heavy atom. The van der Waals surface area contributed by atoms with Crippen LogP contribution in [0.1, 0.15) is 26.8 Å². The fourth-order valence-electron chi connectivity index (χ4n) is 3.54. The number of furan rings is 1. The van der Waals surface area contributed by atoms with Crippen LogP contribution in [0.15, 0.2) is 44.3 Å². The molecule has 3 aromatic heterocycles. The van der Waals surface area contributed by atoms with Gasteiger partial charge in [-0.05, 0) is 38.1 Å². The number of nitrogens with one attached hydrogen (secondary N) is 1. The molecule has 0 unspecified atom stereocenters. The van der Waals surface area contributed by atoms with Gasteiger partial charge in [0.2, 0.25) is 5.76 Å². The zero-order valence-electron chi connectivity index (χ0n) is 17.4. The standard InChI is InChI=1S/C22H20N2O6S/c1-11-5-7-15(28-3)14(9-11)17-12(2)31-19-18(17)20(25)24(22(27)23-19)10-13-6-8-16(30-13)21(26)29-4/h5-9H,10H2,1-4H3,(H,23,27). The van der Waals surface area contributed by atoms with Crippen LogP contribution in [0.25, 0.3) is 21.3 Å². The van der Waals surface area contributed by atoms with Crippen LogP contribution < -0.4 is 16.0 Å². The second-order valence-corrected chi connectivity index (χ2v) is 8.24. The number of H-pyrrole nitrogens is 1. The molecule has 160 valence electrons. The molecular formula is C22H20N2O6S. The van der Waals surface area contributed by atoms with E-state index in [9.17, 15) is 14.4 Å². The summed E-state index contributed by atoms with van der Waals surface area (Å²) >= 11 is 1.34. The highest BCUT2D eigenvalue weighted by Crippen LogP contribution is 2.40. The van der Waals surface area contributed by atoms with Gasteiger partial charge in [0.05, 0.1) is 26.2 Å². The van der Waals surface area contributed by atoms with Gasteiger partial charge in [-0.1, -0.05) is 11.6 Å². The number of rotatable bonds is 5. The summed E-state index contributed by atoms with van der Waals surface area (Å²) in [7, 11) is 2.82. The van der Waals surface area contributed by atoms with E-state index in [1.54, 1.807) is 7.11 Å². The Morgan fingerprint density at radius 3 is 2.65 bits per heavy atom. The van der Waals surface area contributed by atoms with Gasteiger partial charge in [-0.15, -0.1) is 11.3 Å². The summed E-state index contributed by atoms with van der Waals surface area (Å²) in [5, 5.41) is 0.408. The van der Waals surface area contributed by atoms with Crippen LogP contribution in [0.2, 0.25) is 0 Å². The van der Waals surface area contributed by atoms with E-state index in [-0.39, 0.29) is 18.1 Å². The Morgan fingerprint density at radius 2 is 1.94 bits per heavy atom. The highest BCUT2D eigenvalue weighted by molar-refractivity contribution is 7.19. The van der Waals surface area contributed by atoms with E-state index in [1.807, 2.05) is 32.0 Å². The lowest BCUT2D eigenvalue weighted by Gasteiger charge is -2.10. The Bertz CT molecular complexity index is 1420. The second kappa shape index (κ2) is 7.92. The van der Waals surface area contributed by atoms with E-state index >= 15 is 0 Å². The zero-order valence-corrected chi connectivity index (χ0v) is 18.2. The van der Waals surface area contributed by atoms with E-state index in [0.29, 0.717) is 16.0 Å². The topological polar surface area (TPSA) is 104 Å². The monoisotopic (exact) mass is 440 g/mol. The number of hydrogen-bond donors (Lipinski definition) is 1. The molecule has 0 fully saturated rings. The molecule has 0 radical (unpaired) electrons. The van der Waals surface area contributed by atoms with Crippen molar-refractivity contribution < 1.29 is 18.7 Å². The number of fused-ring (bicyclic) bond motifs is 1. The van der Waals surface area contributed by atoms with Crippen molar-refractivity contribution in [3.05, 3.63) is 73.1 Å². The van der Waals surface area contributed by atoms with E-state index in [1.165, 1.54) is 30.6 Å².